The van der Waals surface area contributed by atoms with Crippen LogP contribution >= 0.6 is 0 Å². The van der Waals surface area contributed by atoms with Gasteiger partial charge in [0.25, 0.3) is 5.91 Å². The summed E-state index contributed by atoms with van der Waals surface area (Å²) in [6.07, 6.45) is -8.33. The Morgan fingerprint density at radius 2 is 1.70 bits per heavy atom. The van der Waals surface area contributed by atoms with Crippen molar-refractivity contribution in [1.29, 1.82) is 0 Å². The molecule has 1 saturated heterocycles. The number of hydrogen-bond donors (Lipinski definition) is 2. The standard InChI is InChI=1S/C19H17F6N3O2/c20-18(21,22)11-4-7-28(8-5-11)15-9-12(19(23,24)25)1-2-14(15)17(30)27-13-3-6-26-16(29)10-13/h1-3,6,9-11H,4-5,7-8H2,(H2,26,27,29,30). The zero-order chi connectivity index (χ0) is 22.1. The molecule has 0 radical (unpaired) electrons. The van der Waals surface area contributed by atoms with Crippen molar-refractivity contribution in [3.05, 3.63) is 58.0 Å². The second-order valence-corrected chi connectivity index (χ2v) is 6.93. The number of alkyl halides is 6. The van der Waals surface area contributed by atoms with E-state index in [0.29, 0.717) is 0 Å². The fourth-order valence-electron chi connectivity index (χ4n) is 3.33. The average molecular weight is 433 g/mol. The summed E-state index contributed by atoms with van der Waals surface area (Å²) in [4.78, 5) is 27.7. The number of carbonyl (C=O) groups is 1. The summed E-state index contributed by atoms with van der Waals surface area (Å²) in [6, 6.07) is 4.96. The first-order valence-electron chi connectivity index (χ1n) is 8.98. The lowest BCUT2D eigenvalue weighted by molar-refractivity contribution is -0.179. The molecule has 1 fully saturated rings. The van der Waals surface area contributed by atoms with E-state index in [1.807, 2.05) is 0 Å². The highest BCUT2D eigenvalue weighted by Gasteiger charge is 2.41. The Labute approximate surface area is 166 Å². The second-order valence-electron chi connectivity index (χ2n) is 6.93. The Bertz CT molecular complexity index is 975. The molecule has 0 unspecified atom stereocenters. The van der Waals surface area contributed by atoms with Crippen LogP contribution in [0, 0.1) is 5.92 Å². The molecular weight excluding hydrogens is 416 g/mol. The van der Waals surface area contributed by atoms with Gasteiger partial charge in [-0.25, -0.2) is 0 Å². The monoisotopic (exact) mass is 433 g/mol. The molecule has 3 rings (SSSR count). The van der Waals surface area contributed by atoms with Gasteiger partial charge in [0.1, 0.15) is 0 Å². The van der Waals surface area contributed by atoms with Crippen molar-refractivity contribution >= 4 is 17.3 Å². The third-order valence-corrected chi connectivity index (χ3v) is 4.90. The number of halogens is 6. The van der Waals surface area contributed by atoms with E-state index in [1.54, 1.807) is 0 Å². The van der Waals surface area contributed by atoms with Crippen LogP contribution in [-0.2, 0) is 6.18 Å². The summed E-state index contributed by atoms with van der Waals surface area (Å²) < 4.78 is 78.3. The van der Waals surface area contributed by atoms with Crippen LogP contribution in [0.1, 0.15) is 28.8 Å². The summed E-state index contributed by atoms with van der Waals surface area (Å²) in [6.45, 7) is -0.284. The van der Waals surface area contributed by atoms with Gasteiger partial charge in [0.05, 0.1) is 22.7 Å². The summed E-state index contributed by atoms with van der Waals surface area (Å²) in [5.41, 5.74) is -1.61. The van der Waals surface area contributed by atoms with Gasteiger partial charge in [0.15, 0.2) is 0 Å². The summed E-state index contributed by atoms with van der Waals surface area (Å²) in [7, 11) is 0. The number of anilines is 2. The minimum Gasteiger partial charge on any atom is -0.371 e. The molecule has 1 aromatic carbocycles. The maximum Gasteiger partial charge on any atom is 0.416 e. The molecule has 1 amide bonds. The van der Waals surface area contributed by atoms with Crippen molar-refractivity contribution in [1.82, 2.24) is 4.98 Å². The molecule has 0 aliphatic carbocycles. The molecule has 5 nitrogen and oxygen atoms in total. The molecule has 2 N–H and O–H groups in total. The summed E-state index contributed by atoms with van der Waals surface area (Å²) in [5, 5.41) is 2.42. The van der Waals surface area contributed by atoms with Gasteiger partial charge < -0.3 is 15.2 Å². The number of aromatic nitrogens is 1. The van der Waals surface area contributed by atoms with E-state index in [4.69, 9.17) is 0 Å². The number of carbonyl (C=O) groups excluding carboxylic acids is 1. The number of amides is 1. The van der Waals surface area contributed by atoms with E-state index < -0.39 is 35.3 Å². The number of nitrogens with one attached hydrogen (secondary N) is 2. The largest absolute Gasteiger partial charge is 0.416 e. The zero-order valence-electron chi connectivity index (χ0n) is 15.4. The molecule has 0 spiro atoms. The molecular formula is C19H17F6N3O2. The van der Waals surface area contributed by atoms with Crippen molar-refractivity contribution in [3.63, 3.8) is 0 Å². The van der Waals surface area contributed by atoms with E-state index in [9.17, 15) is 35.9 Å². The van der Waals surface area contributed by atoms with Crippen molar-refractivity contribution in [3.8, 4) is 0 Å². The Morgan fingerprint density at radius 3 is 2.27 bits per heavy atom. The lowest BCUT2D eigenvalue weighted by Gasteiger charge is -2.35. The van der Waals surface area contributed by atoms with Gasteiger partial charge >= 0.3 is 12.4 Å². The van der Waals surface area contributed by atoms with Crippen LogP contribution in [0.4, 0.5) is 37.7 Å². The minimum absolute atomic E-state index is 0.104. The second kappa shape index (κ2) is 8.04. The number of hydrogen-bond acceptors (Lipinski definition) is 3. The molecule has 0 bridgehead atoms. The number of pyridine rings is 1. The SMILES string of the molecule is O=C(Nc1cc[nH]c(=O)c1)c1ccc(C(F)(F)F)cc1N1CCC(C(F)(F)F)CC1. The Hall–Kier alpha value is -2.98. The Balaban J connectivity index is 1.91. The van der Waals surface area contributed by atoms with Crippen molar-refractivity contribution in [2.75, 3.05) is 23.3 Å². The average Bonchev–Trinajstić information content (AvgIpc) is 2.66. The quantitative estimate of drug-likeness (QED) is 0.705. The predicted molar refractivity (Wildman–Crippen MR) is 97.5 cm³/mol. The van der Waals surface area contributed by atoms with Crippen LogP contribution in [-0.4, -0.2) is 30.2 Å². The molecule has 162 valence electrons. The van der Waals surface area contributed by atoms with Crippen LogP contribution in [0.5, 0.6) is 0 Å². The van der Waals surface area contributed by atoms with Gasteiger partial charge in [-0.15, -0.1) is 0 Å². The predicted octanol–water partition coefficient (Wildman–Crippen LogP) is 4.42. The van der Waals surface area contributed by atoms with Gasteiger partial charge in [-0.2, -0.15) is 26.3 Å². The molecule has 1 aromatic heterocycles. The molecule has 1 aliphatic heterocycles. The fraction of sp³-hybridized carbons (Fsp3) is 0.368. The number of nitrogens with zero attached hydrogens (tertiary/aromatic N) is 1. The Kier molecular flexibility index (Phi) is 5.82. The number of rotatable bonds is 3. The Morgan fingerprint density at radius 1 is 1.03 bits per heavy atom. The summed E-state index contributed by atoms with van der Waals surface area (Å²) >= 11 is 0. The van der Waals surface area contributed by atoms with Crippen LogP contribution in [0.3, 0.4) is 0 Å². The van der Waals surface area contributed by atoms with E-state index in [0.717, 1.165) is 24.3 Å². The van der Waals surface area contributed by atoms with Crippen LogP contribution < -0.4 is 15.8 Å². The van der Waals surface area contributed by atoms with E-state index >= 15 is 0 Å². The van der Waals surface area contributed by atoms with Gasteiger partial charge in [0.2, 0.25) is 5.56 Å². The van der Waals surface area contributed by atoms with E-state index in [1.165, 1.54) is 17.2 Å². The normalized spacial score (nSPS) is 15.9. The first kappa shape index (κ1) is 21.7. The highest BCUT2D eigenvalue weighted by Crippen LogP contribution is 2.38. The van der Waals surface area contributed by atoms with Crippen LogP contribution in [0.25, 0.3) is 0 Å². The summed E-state index contributed by atoms with van der Waals surface area (Å²) in [5.74, 6) is -2.31. The van der Waals surface area contributed by atoms with Crippen molar-refractivity contribution < 1.29 is 31.1 Å². The maximum atomic E-state index is 13.2. The molecule has 2 aromatic rings. The lowest BCUT2D eigenvalue weighted by atomic mass is 9.95. The van der Waals surface area contributed by atoms with Crippen LogP contribution in [0.2, 0.25) is 0 Å². The minimum atomic E-state index is -4.68. The molecule has 1 aliphatic rings. The molecule has 0 atom stereocenters. The molecule has 0 saturated carbocycles. The lowest BCUT2D eigenvalue weighted by Crippen LogP contribution is -2.39. The molecule has 2 heterocycles. The number of aromatic amines is 1. The van der Waals surface area contributed by atoms with Crippen molar-refractivity contribution in [2.24, 2.45) is 5.92 Å². The van der Waals surface area contributed by atoms with Crippen LogP contribution in [0.15, 0.2) is 41.3 Å². The van der Waals surface area contributed by atoms with E-state index in [-0.39, 0.29) is 42.9 Å². The third kappa shape index (κ3) is 4.95. The topological polar surface area (TPSA) is 65.2 Å². The molecule has 11 heteroatoms. The van der Waals surface area contributed by atoms with Gasteiger partial charge in [-0.05, 0) is 37.1 Å². The third-order valence-electron chi connectivity index (χ3n) is 4.90. The number of H-pyrrole nitrogens is 1. The fourth-order valence-corrected chi connectivity index (χ4v) is 3.33. The smallest absolute Gasteiger partial charge is 0.371 e. The highest BCUT2D eigenvalue weighted by atomic mass is 19.4. The maximum absolute atomic E-state index is 13.2. The first-order valence-corrected chi connectivity index (χ1v) is 8.98. The highest BCUT2D eigenvalue weighted by molar-refractivity contribution is 6.08. The van der Waals surface area contributed by atoms with Gasteiger partial charge in [-0.1, -0.05) is 0 Å². The first-order chi connectivity index (χ1) is 13.9. The van der Waals surface area contributed by atoms with Gasteiger partial charge in [0, 0.05) is 31.0 Å². The van der Waals surface area contributed by atoms with Gasteiger partial charge in [-0.3, -0.25) is 9.59 Å². The van der Waals surface area contributed by atoms with Crippen molar-refractivity contribution in [2.45, 2.75) is 25.2 Å². The molecule has 30 heavy (non-hydrogen) atoms. The zero-order valence-corrected chi connectivity index (χ0v) is 15.4. The number of piperidine rings is 1. The number of benzene rings is 1. The van der Waals surface area contributed by atoms with E-state index in [2.05, 4.69) is 10.3 Å².